The molecule has 2 N–H and O–H groups in total. The normalized spacial score (nSPS) is 24.6. The molecule has 2 unspecified atom stereocenters. The fourth-order valence-electron chi connectivity index (χ4n) is 2.69. The predicted molar refractivity (Wildman–Crippen MR) is 72.0 cm³/mol. The molecule has 1 fully saturated rings. The minimum absolute atomic E-state index is 0.184. The molecule has 3 heteroatoms. The first-order valence-electron chi connectivity index (χ1n) is 7.28. The van der Waals surface area contributed by atoms with Gasteiger partial charge in [-0.05, 0) is 25.2 Å². The van der Waals surface area contributed by atoms with Crippen LogP contribution in [0.2, 0.25) is 0 Å². The predicted octanol–water partition coefficient (Wildman–Crippen LogP) is 2.46. The monoisotopic (exact) mass is 240 g/mol. The van der Waals surface area contributed by atoms with Gasteiger partial charge in [0.15, 0.2) is 0 Å². The summed E-state index contributed by atoms with van der Waals surface area (Å²) >= 11 is 0. The van der Waals surface area contributed by atoms with Crippen molar-refractivity contribution in [1.29, 1.82) is 0 Å². The summed E-state index contributed by atoms with van der Waals surface area (Å²) in [7, 11) is 0. The standard InChI is InChI=1S/C14H28N2O/c1-3-10-16-14(17)9-11-15-13-8-6-5-7-12(13)4-2/h12-13,15H,3-11H2,1-2H3,(H,16,17). The van der Waals surface area contributed by atoms with Crippen LogP contribution in [0.1, 0.15) is 58.8 Å². The highest BCUT2D eigenvalue weighted by atomic mass is 16.1. The molecule has 2 atom stereocenters. The average Bonchev–Trinajstić information content (AvgIpc) is 2.37. The molecule has 0 spiro atoms. The van der Waals surface area contributed by atoms with Gasteiger partial charge in [-0.25, -0.2) is 0 Å². The van der Waals surface area contributed by atoms with Crippen LogP contribution in [0.4, 0.5) is 0 Å². The largest absolute Gasteiger partial charge is 0.356 e. The van der Waals surface area contributed by atoms with Crippen molar-refractivity contribution in [3.05, 3.63) is 0 Å². The van der Waals surface area contributed by atoms with Crippen LogP contribution in [-0.4, -0.2) is 25.0 Å². The Morgan fingerprint density at radius 3 is 2.65 bits per heavy atom. The second-order valence-electron chi connectivity index (χ2n) is 5.11. The molecule has 1 aliphatic rings. The number of hydrogen-bond donors (Lipinski definition) is 2. The van der Waals surface area contributed by atoms with Gasteiger partial charge in [-0.1, -0.05) is 33.1 Å². The number of carbonyl (C=O) groups excluding carboxylic acids is 1. The number of amides is 1. The van der Waals surface area contributed by atoms with E-state index in [9.17, 15) is 4.79 Å². The number of rotatable bonds is 7. The van der Waals surface area contributed by atoms with Crippen LogP contribution in [0.25, 0.3) is 0 Å². The molecule has 0 heterocycles. The Hall–Kier alpha value is -0.570. The zero-order chi connectivity index (χ0) is 12.5. The van der Waals surface area contributed by atoms with Crippen molar-refractivity contribution in [1.82, 2.24) is 10.6 Å². The van der Waals surface area contributed by atoms with Crippen molar-refractivity contribution in [2.24, 2.45) is 5.92 Å². The summed E-state index contributed by atoms with van der Waals surface area (Å²) in [5.74, 6) is 1.01. The lowest BCUT2D eigenvalue weighted by atomic mass is 9.83. The highest BCUT2D eigenvalue weighted by Crippen LogP contribution is 2.26. The molecule has 1 saturated carbocycles. The smallest absolute Gasteiger partial charge is 0.221 e. The molecule has 0 aromatic heterocycles. The first-order valence-corrected chi connectivity index (χ1v) is 7.28. The SMILES string of the molecule is CCCNC(=O)CCNC1CCCCC1CC. The summed E-state index contributed by atoms with van der Waals surface area (Å²) < 4.78 is 0. The Morgan fingerprint density at radius 1 is 1.18 bits per heavy atom. The molecule has 100 valence electrons. The van der Waals surface area contributed by atoms with Crippen LogP contribution >= 0.6 is 0 Å². The second-order valence-corrected chi connectivity index (χ2v) is 5.11. The van der Waals surface area contributed by atoms with Gasteiger partial charge < -0.3 is 10.6 Å². The molecule has 0 saturated heterocycles. The third-order valence-corrected chi connectivity index (χ3v) is 3.76. The topological polar surface area (TPSA) is 41.1 Å². The maximum absolute atomic E-state index is 11.4. The average molecular weight is 240 g/mol. The van der Waals surface area contributed by atoms with E-state index >= 15 is 0 Å². The van der Waals surface area contributed by atoms with Crippen molar-refractivity contribution < 1.29 is 4.79 Å². The highest BCUT2D eigenvalue weighted by molar-refractivity contribution is 5.75. The molecule has 0 aromatic rings. The Balaban J connectivity index is 2.14. The molecule has 0 aromatic carbocycles. The van der Waals surface area contributed by atoms with Gasteiger partial charge in [-0.3, -0.25) is 4.79 Å². The minimum atomic E-state index is 0.184. The van der Waals surface area contributed by atoms with E-state index in [1.54, 1.807) is 0 Å². The van der Waals surface area contributed by atoms with Gasteiger partial charge >= 0.3 is 0 Å². The third-order valence-electron chi connectivity index (χ3n) is 3.76. The zero-order valence-electron chi connectivity index (χ0n) is 11.4. The van der Waals surface area contributed by atoms with Gasteiger partial charge in [0.1, 0.15) is 0 Å². The highest BCUT2D eigenvalue weighted by Gasteiger charge is 2.22. The van der Waals surface area contributed by atoms with E-state index in [4.69, 9.17) is 0 Å². The maximum Gasteiger partial charge on any atom is 0.221 e. The van der Waals surface area contributed by atoms with E-state index in [-0.39, 0.29) is 5.91 Å². The van der Waals surface area contributed by atoms with Crippen LogP contribution in [0, 0.1) is 5.92 Å². The quantitative estimate of drug-likeness (QED) is 0.718. The summed E-state index contributed by atoms with van der Waals surface area (Å²) in [5, 5.41) is 6.49. The van der Waals surface area contributed by atoms with E-state index in [0.717, 1.165) is 25.4 Å². The van der Waals surface area contributed by atoms with Crippen molar-refractivity contribution in [3.8, 4) is 0 Å². The first kappa shape index (κ1) is 14.5. The Labute approximate surface area is 106 Å². The molecule has 3 nitrogen and oxygen atoms in total. The Morgan fingerprint density at radius 2 is 1.94 bits per heavy atom. The van der Waals surface area contributed by atoms with Gasteiger partial charge in [0, 0.05) is 25.6 Å². The Kier molecular flexibility index (Phi) is 7.25. The molecule has 0 bridgehead atoms. The lowest BCUT2D eigenvalue weighted by Gasteiger charge is -2.31. The van der Waals surface area contributed by atoms with Gasteiger partial charge in [-0.2, -0.15) is 0 Å². The van der Waals surface area contributed by atoms with E-state index in [2.05, 4.69) is 24.5 Å². The fourth-order valence-corrected chi connectivity index (χ4v) is 2.69. The molecule has 0 radical (unpaired) electrons. The first-order chi connectivity index (χ1) is 8.27. The molecule has 1 amide bonds. The summed E-state index contributed by atoms with van der Waals surface area (Å²) in [6.45, 7) is 5.99. The van der Waals surface area contributed by atoms with Crippen LogP contribution in [0.5, 0.6) is 0 Å². The molecular formula is C14H28N2O. The molecule has 0 aliphatic heterocycles. The maximum atomic E-state index is 11.4. The van der Waals surface area contributed by atoms with Gasteiger partial charge in [-0.15, -0.1) is 0 Å². The Bertz CT molecular complexity index is 218. The van der Waals surface area contributed by atoms with Crippen molar-refractivity contribution in [2.75, 3.05) is 13.1 Å². The van der Waals surface area contributed by atoms with Crippen molar-refractivity contribution in [2.45, 2.75) is 64.8 Å². The molecule has 1 rings (SSSR count). The van der Waals surface area contributed by atoms with Crippen LogP contribution < -0.4 is 10.6 Å². The van der Waals surface area contributed by atoms with Gasteiger partial charge in [0.25, 0.3) is 0 Å². The summed E-state index contributed by atoms with van der Waals surface area (Å²) in [5.41, 5.74) is 0. The lowest BCUT2D eigenvalue weighted by molar-refractivity contribution is -0.121. The van der Waals surface area contributed by atoms with Crippen LogP contribution in [0.15, 0.2) is 0 Å². The van der Waals surface area contributed by atoms with Crippen LogP contribution in [0.3, 0.4) is 0 Å². The molecule has 1 aliphatic carbocycles. The van der Waals surface area contributed by atoms with Gasteiger partial charge in [0.2, 0.25) is 5.91 Å². The summed E-state index contributed by atoms with van der Waals surface area (Å²) in [6.07, 6.45) is 8.27. The van der Waals surface area contributed by atoms with Crippen molar-refractivity contribution >= 4 is 5.91 Å². The summed E-state index contributed by atoms with van der Waals surface area (Å²) in [4.78, 5) is 11.4. The van der Waals surface area contributed by atoms with E-state index in [0.29, 0.717) is 12.5 Å². The fraction of sp³-hybridized carbons (Fsp3) is 0.929. The summed E-state index contributed by atoms with van der Waals surface area (Å²) in [6, 6.07) is 0.646. The van der Waals surface area contributed by atoms with Crippen LogP contribution in [-0.2, 0) is 4.79 Å². The van der Waals surface area contributed by atoms with E-state index < -0.39 is 0 Å². The van der Waals surface area contributed by atoms with Crippen molar-refractivity contribution in [3.63, 3.8) is 0 Å². The minimum Gasteiger partial charge on any atom is -0.356 e. The number of carbonyl (C=O) groups is 1. The zero-order valence-corrected chi connectivity index (χ0v) is 11.4. The van der Waals surface area contributed by atoms with Gasteiger partial charge in [0.05, 0.1) is 0 Å². The van der Waals surface area contributed by atoms with E-state index in [1.807, 2.05) is 0 Å². The lowest BCUT2D eigenvalue weighted by Crippen LogP contribution is -2.40. The second kappa shape index (κ2) is 8.51. The molecule has 17 heavy (non-hydrogen) atoms. The molecular weight excluding hydrogens is 212 g/mol. The number of nitrogens with one attached hydrogen (secondary N) is 2. The third kappa shape index (κ3) is 5.53. The van der Waals surface area contributed by atoms with E-state index in [1.165, 1.54) is 32.1 Å². The number of hydrogen-bond acceptors (Lipinski definition) is 2.